The molecule has 2 fully saturated rings. The Labute approximate surface area is 247 Å². The Kier molecular flexibility index (Phi) is 7.21. The van der Waals surface area contributed by atoms with Crippen LogP contribution in [-0.2, 0) is 4.79 Å². The monoisotopic (exact) mass is 580 g/mol. The van der Waals surface area contributed by atoms with E-state index in [2.05, 4.69) is 16.0 Å². The van der Waals surface area contributed by atoms with Gasteiger partial charge in [-0.15, -0.1) is 0 Å². The Bertz CT molecular complexity index is 1800. The topological polar surface area (TPSA) is 156 Å². The number of para-hydroxylation sites is 1. The molecule has 0 radical (unpaired) electrons. The third kappa shape index (κ3) is 5.24. The Balaban J connectivity index is 1.28. The molecule has 0 bridgehead atoms. The van der Waals surface area contributed by atoms with Gasteiger partial charge in [-0.1, -0.05) is 18.2 Å². The highest BCUT2D eigenvalue weighted by Gasteiger charge is 2.37. The lowest BCUT2D eigenvalue weighted by molar-refractivity contribution is -0.125. The fourth-order valence-electron chi connectivity index (χ4n) is 5.74. The molecule has 1 atom stereocenters. The van der Waals surface area contributed by atoms with Crippen molar-refractivity contribution in [3.8, 4) is 23.3 Å². The van der Waals surface area contributed by atoms with Crippen molar-refractivity contribution < 1.29 is 14.6 Å². The average Bonchev–Trinajstić information content (AvgIpc) is 3.58. The Morgan fingerprint density at radius 2 is 1.79 bits per heavy atom. The zero-order chi connectivity index (χ0) is 30.3. The lowest BCUT2D eigenvalue weighted by Crippen LogP contribution is -2.59. The summed E-state index contributed by atoms with van der Waals surface area (Å²) in [6, 6.07) is 18.1. The van der Waals surface area contributed by atoms with E-state index in [1.807, 2.05) is 49.1 Å². The fraction of sp³-hybridized carbons (Fsp3) is 0.323. The van der Waals surface area contributed by atoms with Gasteiger partial charge < -0.3 is 20.5 Å². The third-order valence-corrected chi connectivity index (χ3v) is 8.10. The Morgan fingerprint density at radius 1 is 1.09 bits per heavy atom. The summed E-state index contributed by atoms with van der Waals surface area (Å²) in [6.45, 7) is 5.40. The second kappa shape index (κ2) is 11.0. The maximum Gasteiger partial charge on any atom is 0.335 e. The van der Waals surface area contributed by atoms with Crippen molar-refractivity contribution in [1.82, 2.24) is 28.9 Å². The zero-order valence-corrected chi connectivity index (χ0v) is 23.9. The molecule has 2 aliphatic heterocycles. The predicted octanol–water partition coefficient (Wildman–Crippen LogP) is 2.64. The summed E-state index contributed by atoms with van der Waals surface area (Å²) in [5.74, 6) is 1.07. The minimum atomic E-state index is -0.570. The van der Waals surface area contributed by atoms with E-state index in [-0.39, 0.29) is 35.6 Å². The fourth-order valence-corrected chi connectivity index (χ4v) is 5.74. The molecule has 2 aromatic carbocycles. The number of hydrogen-bond acceptors (Lipinski definition) is 9. The molecule has 0 spiro atoms. The average molecular weight is 581 g/mol. The van der Waals surface area contributed by atoms with Gasteiger partial charge in [0.25, 0.3) is 5.91 Å². The minimum absolute atomic E-state index is 0.0335. The molecular weight excluding hydrogens is 548 g/mol. The van der Waals surface area contributed by atoms with Crippen LogP contribution in [0.1, 0.15) is 26.3 Å². The van der Waals surface area contributed by atoms with E-state index in [4.69, 9.17) is 10.5 Å². The number of benzene rings is 2. The van der Waals surface area contributed by atoms with Crippen LogP contribution in [0.4, 0.5) is 5.82 Å². The predicted molar refractivity (Wildman–Crippen MR) is 160 cm³/mol. The van der Waals surface area contributed by atoms with Crippen molar-refractivity contribution >= 4 is 22.9 Å². The lowest BCUT2D eigenvalue weighted by Gasteiger charge is -2.46. The summed E-state index contributed by atoms with van der Waals surface area (Å²) in [5, 5.41) is 19.5. The Hall–Kier alpha value is -4.99. The highest BCUT2D eigenvalue weighted by molar-refractivity contribution is 5.97. The van der Waals surface area contributed by atoms with Gasteiger partial charge in [-0.25, -0.2) is 14.8 Å². The van der Waals surface area contributed by atoms with Gasteiger partial charge in [0.2, 0.25) is 0 Å². The first-order valence-corrected chi connectivity index (χ1v) is 14.1. The number of nitrogen functional groups attached to an aromatic ring is 1. The molecule has 3 N–H and O–H groups in total. The molecule has 2 aliphatic rings. The van der Waals surface area contributed by atoms with E-state index in [1.165, 1.54) is 10.9 Å². The maximum atomic E-state index is 14.0. The molecule has 12 heteroatoms. The van der Waals surface area contributed by atoms with Crippen LogP contribution in [0.2, 0.25) is 0 Å². The molecular formula is C31H32N8O4. The van der Waals surface area contributed by atoms with Crippen molar-refractivity contribution in [1.29, 1.82) is 5.26 Å². The quantitative estimate of drug-likeness (QED) is 0.248. The van der Waals surface area contributed by atoms with Gasteiger partial charge in [0, 0.05) is 31.7 Å². The van der Waals surface area contributed by atoms with E-state index < -0.39 is 11.6 Å². The molecule has 6 rings (SSSR count). The largest absolute Gasteiger partial charge is 0.457 e. The number of amides is 1. The standard InChI is InChI=1S/C31H32N8O4/c1-31(2,37-17-23(40)18-37)14-20(15-32)29(41)36-13-12-22(16-36)39-28-26(27(33)34-19-35-28)38(30(39)42)21-8-10-25(11-9-21)43-24-6-4-3-5-7-24/h3-11,14,19,22-23,40H,12-13,16-18H2,1-2H3,(H2,33,34,35)/b20-14-/t22-/m0/s1. The summed E-state index contributed by atoms with van der Waals surface area (Å²) in [5.41, 5.74) is 6.70. The number of anilines is 1. The van der Waals surface area contributed by atoms with E-state index in [9.17, 15) is 20.0 Å². The number of aliphatic hydroxyl groups excluding tert-OH is 1. The van der Waals surface area contributed by atoms with E-state index in [1.54, 1.807) is 39.8 Å². The molecule has 43 heavy (non-hydrogen) atoms. The van der Waals surface area contributed by atoms with Crippen LogP contribution < -0.4 is 16.2 Å². The second-order valence-electron chi connectivity index (χ2n) is 11.4. The minimum Gasteiger partial charge on any atom is -0.457 e. The molecule has 2 saturated heterocycles. The van der Waals surface area contributed by atoms with Crippen molar-refractivity contribution in [3.05, 3.63) is 83.1 Å². The van der Waals surface area contributed by atoms with Gasteiger partial charge in [-0.2, -0.15) is 5.26 Å². The molecule has 220 valence electrons. The van der Waals surface area contributed by atoms with E-state index >= 15 is 0 Å². The number of likely N-dealkylation sites (tertiary alicyclic amines) is 2. The number of nitriles is 1. The summed E-state index contributed by atoms with van der Waals surface area (Å²) in [7, 11) is 0. The smallest absolute Gasteiger partial charge is 0.335 e. The normalized spacial score (nSPS) is 18.0. The van der Waals surface area contributed by atoms with Crippen LogP contribution in [0.3, 0.4) is 0 Å². The second-order valence-corrected chi connectivity index (χ2v) is 11.4. The van der Waals surface area contributed by atoms with Crippen LogP contribution in [0.15, 0.2) is 77.4 Å². The SMILES string of the molecule is CC(C)(/C=C(/C#N)C(=O)N1CC[C@H](n2c(=O)n(-c3ccc(Oc4ccccc4)cc3)c3c(N)ncnc32)C1)N1CC(O)C1. The van der Waals surface area contributed by atoms with Crippen molar-refractivity contribution in [2.75, 3.05) is 31.9 Å². The van der Waals surface area contributed by atoms with Gasteiger partial charge in [0.15, 0.2) is 11.5 Å². The van der Waals surface area contributed by atoms with Crippen molar-refractivity contribution in [2.24, 2.45) is 0 Å². The van der Waals surface area contributed by atoms with Crippen molar-refractivity contribution in [3.63, 3.8) is 0 Å². The number of hydrogen-bond donors (Lipinski definition) is 2. The number of carbonyl (C=O) groups is 1. The molecule has 0 unspecified atom stereocenters. The summed E-state index contributed by atoms with van der Waals surface area (Å²) < 4.78 is 8.94. The molecule has 2 aromatic heterocycles. The van der Waals surface area contributed by atoms with Crippen LogP contribution >= 0.6 is 0 Å². The first-order chi connectivity index (χ1) is 20.7. The molecule has 0 aliphatic carbocycles. The van der Waals surface area contributed by atoms with Crippen LogP contribution in [-0.4, -0.2) is 77.7 Å². The Morgan fingerprint density at radius 3 is 2.47 bits per heavy atom. The number of ether oxygens (including phenoxy) is 1. The van der Waals surface area contributed by atoms with E-state index in [0.717, 1.165) is 0 Å². The molecule has 0 saturated carbocycles. The highest BCUT2D eigenvalue weighted by Crippen LogP contribution is 2.30. The molecule has 1 amide bonds. The number of β-amino-alcohol motifs (C(OH)–C–C–N with tert-alkyl or cyclic N) is 1. The molecule has 12 nitrogen and oxygen atoms in total. The van der Waals surface area contributed by atoms with Gasteiger partial charge in [-0.05, 0) is 62.7 Å². The van der Waals surface area contributed by atoms with Gasteiger partial charge >= 0.3 is 5.69 Å². The van der Waals surface area contributed by atoms with Gasteiger partial charge in [-0.3, -0.25) is 18.8 Å². The van der Waals surface area contributed by atoms with Crippen LogP contribution in [0.25, 0.3) is 16.9 Å². The summed E-state index contributed by atoms with van der Waals surface area (Å²) >= 11 is 0. The first-order valence-electron chi connectivity index (χ1n) is 14.1. The number of fused-ring (bicyclic) bond motifs is 1. The molecule has 4 heterocycles. The summed E-state index contributed by atoms with van der Waals surface area (Å²) in [4.78, 5) is 39.6. The highest BCUT2D eigenvalue weighted by atomic mass is 16.5. The number of imidazole rings is 1. The number of aromatic nitrogens is 4. The number of nitrogens with zero attached hydrogens (tertiary/aromatic N) is 7. The number of aliphatic hydroxyl groups is 1. The maximum absolute atomic E-state index is 14.0. The first kappa shape index (κ1) is 28.1. The van der Waals surface area contributed by atoms with E-state index in [0.29, 0.717) is 54.4 Å². The zero-order valence-electron chi connectivity index (χ0n) is 23.9. The third-order valence-electron chi connectivity index (χ3n) is 8.10. The lowest BCUT2D eigenvalue weighted by atomic mass is 9.94. The number of carbonyl (C=O) groups excluding carboxylic acids is 1. The van der Waals surface area contributed by atoms with Crippen LogP contribution in [0, 0.1) is 11.3 Å². The van der Waals surface area contributed by atoms with Crippen molar-refractivity contribution in [2.45, 2.75) is 38.0 Å². The number of nitrogens with two attached hydrogens (primary N) is 1. The molecule has 4 aromatic rings. The summed E-state index contributed by atoms with van der Waals surface area (Å²) in [6.07, 6.45) is 3.08. The number of rotatable bonds is 7. The van der Waals surface area contributed by atoms with Crippen LogP contribution in [0.5, 0.6) is 11.5 Å². The van der Waals surface area contributed by atoms with Gasteiger partial charge in [0.05, 0.1) is 17.8 Å². The van der Waals surface area contributed by atoms with Gasteiger partial charge in [0.1, 0.15) is 35.0 Å².